The van der Waals surface area contributed by atoms with Gasteiger partial charge in [0.1, 0.15) is 54.1 Å². The van der Waals surface area contributed by atoms with Gasteiger partial charge in [0.2, 0.25) is 11.4 Å². The number of Topliss-reactive ketones (excluding diaryl/α,β-unsaturated/α-hetero) is 1. The Kier molecular flexibility index (Phi) is 11.1. The molecule has 0 bridgehead atoms. The Bertz CT molecular complexity index is 2090. The average Bonchev–Trinajstić information content (AvgIpc) is 3.79. The molecule has 0 saturated carbocycles. The van der Waals surface area contributed by atoms with E-state index in [1.165, 1.54) is 6.34 Å². The molecule has 1 saturated heterocycles. The van der Waals surface area contributed by atoms with Crippen molar-refractivity contribution in [1.29, 1.82) is 0 Å². The van der Waals surface area contributed by atoms with Crippen molar-refractivity contribution in [1.82, 2.24) is 4.90 Å². The van der Waals surface area contributed by atoms with Crippen LogP contribution in [0.3, 0.4) is 0 Å². The number of ether oxygens (including phenoxy) is 4. The van der Waals surface area contributed by atoms with Crippen LogP contribution in [0.15, 0.2) is 124 Å². The Morgan fingerprint density at radius 2 is 1.42 bits per heavy atom. The summed E-state index contributed by atoms with van der Waals surface area (Å²) in [5.74, 6) is 1.34. The number of carbonyl (C=O) groups excluding carboxylic acids is 1. The van der Waals surface area contributed by atoms with Crippen molar-refractivity contribution in [2.45, 2.75) is 74.7 Å². The van der Waals surface area contributed by atoms with Crippen LogP contribution in [0.25, 0.3) is 0 Å². The highest BCUT2D eigenvalue weighted by molar-refractivity contribution is 6.74. The zero-order valence-corrected chi connectivity index (χ0v) is 34.5. The average molecular weight is 790 g/mol. The molecule has 4 aromatic rings. The van der Waals surface area contributed by atoms with Gasteiger partial charge in [0, 0.05) is 5.56 Å². The zero-order valence-electron chi connectivity index (χ0n) is 33.5. The summed E-state index contributed by atoms with van der Waals surface area (Å²) in [7, 11) is 0.744. The van der Waals surface area contributed by atoms with Gasteiger partial charge in [-0.2, -0.15) is 0 Å². The summed E-state index contributed by atoms with van der Waals surface area (Å²) in [4.78, 5) is 29.3. The van der Waals surface area contributed by atoms with Crippen LogP contribution in [0.5, 0.6) is 11.5 Å². The predicted molar refractivity (Wildman–Crippen MR) is 223 cm³/mol. The number of rotatable bonds is 13. The monoisotopic (exact) mass is 789 g/mol. The van der Waals surface area contributed by atoms with Crippen molar-refractivity contribution >= 4 is 32.0 Å². The summed E-state index contributed by atoms with van der Waals surface area (Å²) >= 11 is 0. The summed E-state index contributed by atoms with van der Waals surface area (Å²) in [6.07, 6.45) is -2.39. The van der Waals surface area contributed by atoms with Crippen LogP contribution in [-0.2, 0) is 19.5 Å². The number of aliphatic hydroxyl groups excluding tert-OH is 1. The Balaban J connectivity index is 1.26. The molecule has 57 heavy (non-hydrogen) atoms. The molecular formula is C44H51N5O7Si. The lowest BCUT2D eigenvalue weighted by atomic mass is 9.80. The quantitative estimate of drug-likeness (QED) is 0.0920. The lowest BCUT2D eigenvalue weighted by Gasteiger charge is -2.41. The second-order valence-electron chi connectivity index (χ2n) is 16.0. The summed E-state index contributed by atoms with van der Waals surface area (Å²) in [6.45, 7) is 10.7. The van der Waals surface area contributed by atoms with Crippen LogP contribution < -0.4 is 15.2 Å². The number of aliphatic imine (C=N–C) groups is 3. The van der Waals surface area contributed by atoms with Crippen LogP contribution >= 0.6 is 0 Å². The fraction of sp³-hybridized carbons (Fsp3) is 0.364. The number of hydrogen-bond acceptors (Lipinski definition) is 12. The van der Waals surface area contributed by atoms with Crippen LogP contribution in [0.4, 0.5) is 0 Å². The highest BCUT2D eigenvalue weighted by Gasteiger charge is 2.56. The normalized spacial score (nSPS) is 23.5. The van der Waals surface area contributed by atoms with E-state index in [1.54, 1.807) is 43.4 Å². The molecule has 13 heteroatoms. The van der Waals surface area contributed by atoms with Gasteiger partial charge in [-0.3, -0.25) is 15.5 Å². The summed E-state index contributed by atoms with van der Waals surface area (Å²) in [5.41, 5.74) is 7.02. The van der Waals surface area contributed by atoms with Crippen molar-refractivity contribution in [3.63, 3.8) is 0 Å². The number of methoxy groups -OCH3 is 2. The summed E-state index contributed by atoms with van der Waals surface area (Å²) in [6, 6.07) is 34.3. The van der Waals surface area contributed by atoms with Crippen LogP contribution in [0.2, 0.25) is 18.1 Å². The van der Waals surface area contributed by atoms with Gasteiger partial charge in [-0.25, -0.2) is 9.98 Å². The number of amidine groups is 1. The van der Waals surface area contributed by atoms with Crippen molar-refractivity contribution in [3.8, 4) is 11.5 Å². The third-order valence-electron chi connectivity index (χ3n) is 11.5. The van der Waals surface area contributed by atoms with E-state index in [4.69, 9.17) is 34.1 Å². The van der Waals surface area contributed by atoms with Crippen LogP contribution in [0.1, 0.15) is 47.8 Å². The van der Waals surface area contributed by atoms with Gasteiger partial charge in [-0.1, -0.05) is 106 Å². The van der Waals surface area contributed by atoms with Gasteiger partial charge in [-0.05, 0) is 59.1 Å². The van der Waals surface area contributed by atoms with E-state index in [-0.39, 0.29) is 24.0 Å². The molecule has 0 amide bonds. The molecule has 3 N–H and O–H groups in total. The molecule has 1 unspecified atom stereocenters. The lowest BCUT2D eigenvalue weighted by molar-refractivity contribution is -0.101. The number of hydrogen-bond donors (Lipinski definition) is 2. The number of nitrogens with zero attached hydrogens (tertiary/aromatic N) is 4. The van der Waals surface area contributed by atoms with Crippen molar-refractivity contribution < 1.29 is 33.3 Å². The standard InChI is InChI=1S/C44H51N5O7Si/c1-42(2,3)57(6,7)56-37-36(50)35(55-41(37)49-28-47-38-40(49)46-27-48-44(38,45)39(51)29-14-10-8-11-15-29)26-54-43(30-16-12-9-13-17-30,31-18-22-33(52-4)23-19-31)32-20-24-34(53-5)25-21-32/h8-25,27,35-37,41,50H,26,28,45H2,1-7H3/t35-,36-,37-,41-,44?/m1/s1. The second kappa shape index (κ2) is 15.7. The molecule has 0 radical (unpaired) electrons. The number of aliphatic hydroxyl groups is 1. The molecule has 5 atom stereocenters. The zero-order chi connectivity index (χ0) is 40.6. The molecule has 1 fully saturated rings. The van der Waals surface area contributed by atoms with Gasteiger partial charge in [0.25, 0.3) is 0 Å². The van der Waals surface area contributed by atoms with Gasteiger partial charge in [0.15, 0.2) is 20.4 Å². The first-order chi connectivity index (χ1) is 27.2. The number of ketones is 1. The first-order valence-electron chi connectivity index (χ1n) is 19.1. The maximum atomic E-state index is 13.8. The van der Waals surface area contributed by atoms with Gasteiger partial charge in [0.05, 0.1) is 20.8 Å². The third-order valence-corrected chi connectivity index (χ3v) is 16.0. The summed E-state index contributed by atoms with van der Waals surface area (Å²) in [5, 5.41) is 12.2. The van der Waals surface area contributed by atoms with E-state index >= 15 is 0 Å². The fourth-order valence-corrected chi connectivity index (χ4v) is 8.58. The minimum Gasteiger partial charge on any atom is -0.497 e. The lowest BCUT2D eigenvalue weighted by Crippen LogP contribution is -2.60. The number of carbonyl (C=O) groups is 1. The van der Waals surface area contributed by atoms with E-state index in [0.717, 1.165) is 16.7 Å². The molecule has 3 heterocycles. The summed E-state index contributed by atoms with van der Waals surface area (Å²) < 4.78 is 32.1. The van der Waals surface area contributed by atoms with E-state index in [9.17, 15) is 9.90 Å². The van der Waals surface area contributed by atoms with Gasteiger partial charge in [-0.15, -0.1) is 0 Å². The van der Waals surface area contributed by atoms with E-state index in [2.05, 4.69) is 43.9 Å². The van der Waals surface area contributed by atoms with E-state index < -0.39 is 49.9 Å². The molecule has 0 aromatic heterocycles. The molecule has 4 aromatic carbocycles. The molecular weight excluding hydrogens is 739 g/mol. The van der Waals surface area contributed by atoms with Crippen LogP contribution in [0, 0.1) is 0 Å². The number of fused-ring (bicyclic) bond motifs is 1. The number of nitrogens with two attached hydrogens (primary N) is 1. The Hall–Kier alpha value is -5.02. The highest BCUT2D eigenvalue weighted by Crippen LogP contribution is 2.44. The first kappa shape index (κ1) is 40.2. The minimum absolute atomic E-state index is 0.0369. The molecule has 7 rings (SSSR count). The predicted octanol–water partition coefficient (Wildman–Crippen LogP) is 6.18. The molecule has 0 spiro atoms. The highest BCUT2D eigenvalue weighted by atomic mass is 28.4. The molecule has 12 nitrogen and oxygen atoms in total. The van der Waals surface area contributed by atoms with E-state index in [1.807, 2.05) is 84.9 Å². The minimum atomic E-state index is -2.52. The van der Waals surface area contributed by atoms with Crippen molar-refractivity contribution in [2.24, 2.45) is 20.7 Å². The first-order valence-corrected chi connectivity index (χ1v) is 22.0. The van der Waals surface area contributed by atoms with Crippen molar-refractivity contribution in [3.05, 3.63) is 131 Å². The maximum Gasteiger partial charge on any atom is 0.219 e. The van der Waals surface area contributed by atoms with Crippen molar-refractivity contribution in [2.75, 3.05) is 27.5 Å². The number of benzene rings is 4. The molecule has 298 valence electrons. The Morgan fingerprint density at radius 3 is 1.96 bits per heavy atom. The Morgan fingerprint density at radius 1 is 0.877 bits per heavy atom. The molecule has 3 aliphatic heterocycles. The van der Waals surface area contributed by atoms with E-state index in [0.29, 0.717) is 22.9 Å². The fourth-order valence-electron chi connectivity index (χ4n) is 7.29. The smallest absolute Gasteiger partial charge is 0.219 e. The Labute approximate surface area is 335 Å². The molecule has 3 aliphatic rings. The third kappa shape index (κ3) is 7.35. The van der Waals surface area contributed by atoms with Gasteiger partial charge >= 0.3 is 0 Å². The van der Waals surface area contributed by atoms with Crippen LogP contribution in [-0.4, -0.2) is 99.7 Å². The second-order valence-corrected chi connectivity index (χ2v) is 20.7. The molecule has 0 aliphatic carbocycles. The van der Waals surface area contributed by atoms with Gasteiger partial charge < -0.3 is 33.4 Å². The topological polar surface area (TPSA) is 150 Å². The largest absolute Gasteiger partial charge is 0.497 e. The maximum absolute atomic E-state index is 13.8. The SMILES string of the molecule is COc1ccc(C(OC[C@H]2O[C@@H](N3CN=C4C3=NC=NC4(N)C(=O)c3ccccc3)[C@H](O[Si](C)(C)C(C)(C)C)[C@@H]2O)(c2ccccc2)c2ccc(OC)cc2)cc1.